The fourth-order valence-electron chi connectivity index (χ4n) is 2.17. The first-order chi connectivity index (χ1) is 10.7. The second-order valence-corrected chi connectivity index (χ2v) is 5.70. The zero-order valence-corrected chi connectivity index (χ0v) is 12.6. The molecule has 1 atom stereocenters. The average molecular weight is 316 g/mol. The van der Waals surface area contributed by atoms with Crippen LogP contribution in [0.1, 0.15) is 16.5 Å². The van der Waals surface area contributed by atoms with Crippen LogP contribution >= 0.6 is 11.8 Å². The minimum atomic E-state index is -0.190. The van der Waals surface area contributed by atoms with E-state index < -0.39 is 0 Å². The number of hydrogen-bond acceptors (Lipinski definition) is 5. The van der Waals surface area contributed by atoms with Crippen LogP contribution in [-0.2, 0) is 0 Å². The van der Waals surface area contributed by atoms with Crippen LogP contribution in [0, 0.1) is 4.91 Å². The van der Waals surface area contributed by atoms with Crippen LogP contribution in [-0.4, -0.2) is 22.3 Å². The van der Waals surface area contributed by atoms with Crippen molar-refractivity contribution >= 4 is 22.5 Å². The van der Waals surface area contributed by atoms with E-state index in [4.69, 9.17) is 9.94 Å². The summed E-state index contributed by atoms with van der Waals surface area (Å²) < 4.78 is 5.33. The van der Waals surface area contributed by atoms with Gasteiger partial charge in [0.05, 0.1) is 12.0 Å². The Kier molecular flexibility index (Phi) is 3.97. The van der Waals surface area contributed by atoms with Crippen LogP contribution in [0.15, 0.2) is 53.6 Å². The normalized spacial score (nSPS) is 16.8. The summed E-state index contributed by atoms with van der Waals surface area (Å²) in [5.74, 6) is 0.625. The van der Waals surface area contributed by atoms with Crippen molar-refractivity contribution in [1.29, 1.82) is 0 Å². The average Bonchev–Trinajstić information content (AvgIpc) is 3.05. The molecule has 1 unspecified atom stereocenters. The lowest BCUT2D eigenvalue weighted by molar-refractivity contribution is -0.729. The van der Waals surface area contributed by atoms with Crippen molar-refractivity contribution in [3.8, 4) is 5.75 Å². The summed E-state index contributed by atoms with van der Waals surface area (Å²) in [5, 5.41) is 14.1. The Morgan fingerprint density at radius 3 is 2.73 bits per heavy atom. The molecule has 1 aliphatic rings. The summed E-state index contributed by atoms with van der Waals surface area (Å²) in [6.45, 7) is 0. The van der Waals surface area contributed by atoms with Crippen molar-refractivity contribution < 1.29 is 14.9 Å². The third kappa shape index (κ3) is 2.75. The van der Waals surface area contributed by atoms with Crippen LogP contribution in [0.25, 0.3) is 0 Å². The Bertz CT molecular complexity index is 734. The molecule has 0 saturated heterocycles. The van der Waals surface area contributed by atoms with Crippen LogP contribution < -0.4 is 10.2 Å². The molecule has 1 aliphatic heterocycles. The Morgan fingerprint density at radius 1 is 1.27 bits per heavy atom. The van der Waals surface area contributed by atoms with Crippen LogP contribution in [0.2, 0.25) is 0 Å². The lowest BCUT2D eigenvalue weighted by Crippen LogP contribution is -2.09. The highest BCUT2D eigenvalue weighted by atomic mass is 32.2. The predicted molar refractivity (Wildman–Crippen MR) is 84.5 cm³/mol. The number of ether oxygens (including phenoxy) is 1. The van der Waals surface area contributed by atoms with Gasteiger partial charge in [0.1, 0.15) is 16.2 Å². The quantitative estimate of drug-likeness (QED) is 0.847. The zero-order valence-electron chi connectivity index (χ0n) is 11.8. The topological polar surface area (TPSA) is 73.9 Å². The second kappa shape index (κ2) is 6.07. The number of methoxy groups -OCH3 is 1. The smallest absolute Gasteiger partial charge is 0.317 e. The van der Waals surface area contributed by atoms with Gasteiger partial charge >= 0.3 is 5.69 Å². The van der Waals surface area contributed by atoms with Gasteiger partial charge in [-0.05, 0) is 6.07 Å². The molecule has 0 amide bonds. The van der Waals surface area contributed by atoms with E-state index >= 15 is 0 Å². The first kappa shape index (κ1) is 14.4. The standard InChI is InChI=1S/C15H14N3O3S/c1-21-13-8-7-11(18(19)20)9-12(13)15-17-16-14(22-15)10-5-3-2-4-6-10/h2-9,15,17H,1H3,(H,19,20)/q+1. The highest BCUT2D eigenvalue weighted by molar-refractivity contribution is 8.14. The molecule has 0 radical (unpaired) electrons. The van der Waals surface area contributed by atoms with Crippen LogP contribution in [0.4, 0.5) is 5.69 Å². The Balaban J connectivity index is 1.87. The molecule has 22 heavy (non-hydrogen) atoms. The monoisotopic (exact) mass is 316 g/mol. The van der Waals surface area contributed by atoms with Crippen molar-refractivity contribution in [3.63, 3.8) is 0 Å². The molecule has 6 nitrogen and oxygen atoms in total. The maximum absolute atomic E-state index is 11.1. The zero-order chi connectivity index (χ0) is 15.5. The molecule has 0 saturated carbocycles. The van der Waals surface area contributed by atoms with Gasteiger partial charge in [0.25, 0.3) is 4.92 Å². The molecular formula is C15H14N3O3S+. The lowest BCUT2D eigenvalue weighted by atomic mass is 10.1. The summed E-state index contributed by atoms with van der Waals surface area (Å²) in [5.41, 5.74) is 4.94. The number of thioether (sulfide) groups is 1. The molecular weight excluding hydrogens is 302 g/mol. The number of nitrogens with zero attached hydrogens (tertiary/aromatic N) is 2. The molecule has 2 aromatic carbocycles. The fraction of sp³-hybridized carbons (Fsp3) is 0.133. The van der Waals surface area contributed by atoms with Gasteiger partial charge in [0.2, 0.25) is 0 Å². The first-order valence-electron chi connectivity index (χ1n) is 6.58. The van der Waals surface area contributed by atoms with E-state index in [1.807, 2.05) is 30.3 Å². The fourth-order valence-corrected chi connectivity index (χ4v) is 3.19. The maximum atomic E-state index is 11.1. The summed E-state index contributed by atoms with van der Waals surface area (Å²) >= 11 is 1.52. The van der Waals surface area contributed by atoms with Gasteiger partial charge < -0.3 is 4.74 Å². The Morgan fingerprint density at radius 2 is 2.05 bits per heavy atom. The van der Waals surface area contributed by atoms with Crippen molar-refractivity contribution in [2.24, 2.45) is 5.10 Å². The molecule has 1 heterocycles. The summed E-state index contributed by atoms with van der Waals surface area (Å²) in [6.07, 6.45) is 0. The Labute approximate surface area is 131 Å². The van der Waals surface area contributed by atoms with E-state index in [-0.39, 0.29) is 16.0 Å². The molecule has 0 bridgehead atoms. The van der Waals surface area contributed by atoms with E-state index in [2.05, 4.69) is 10.5 Å². The SMILES string of the molecule is COc1ccc([N+](=O)O)cc1C1NN=C(c2ccccc2)S1. The largest absolute Gasteiger partial charge is 0.496 e. The van der Waals surface area contributed by atoms with E-state index in [1.54, 1.807) is 19.2 Å². The van der Waals surface area contributed by atoms with Gasteiger partial charge in [-0.2, -0.15) is 5.10 Å². The van der Waals surface area contributed by atoms with Gasteiger partial charge in [-0.1, -0.05) is 42.1 Å². The second-order valence-electron chi connectivity index (χ2n) is 4.61. The molecule has 112 valence electrons. The van der Waals surface area contributed by atoms with E-state index in [1.165, 1.54) is 17.8 Å². The van der Waals surface area contributed by atoms with Gasteiger partial charge in [-0.15, -0.1) is 0 Å². The minimum Gasteiger partial charge on any atom is -0.496 e. The van der Waals surface area contributed by atoms with Gasteiger partial charge in [0, 0.05) is 23.3 Å². The van der Waals surface area contributed by atoms with Crippen molar-refractivity contribution in [2.45, 2.75) is 5.37 Å². The van der Waals surface area contributed by atoms with E-state index in [0.29, 0.717) is 5.75 Å². The van der Waals surface area contributed by atoms with Gasteiger partial charge in [-0.3, -0.25) is 5.43 Å². The third-order valence-electron chi connectivity index (χ3n) is 3.25. The van der Waals surface area contributed by atoms with Crippen LogP contribution in [0.3, 0.4) is 0 Å². The highest BCUT2D eigenvalue weighted by Gasteiger charge is 2.27. The predicted octanol–water partition coefficient (Wildman–Crippen LogP) is 3.19. The maximum Gasteiger partial charge on any atom is 0.317 e. The van der Waals surface area contributed by atoms with E-state index in [9.17, 15) is 4.91 Å². The molecule has 0 fully saturated rings. The third-order valence-corrected chi connectivity index (χ3v) is 4.40. The lowest BCUT2D eigenvalue weighted by Gasteiger charge is -2.13. The molecule has 2 N–H and O–H groups in total. The molecule has 3 rings (SSSR count). The van der Waals surface area contributed by atoms with Crippen molar-refractivity contribution in [1.82, 2.24) is 5.43 Å². The Hall–Kier alpha value is -2.54. The number of hydrazone groups is 1. The van der Waals surface area contributed by atoms with Gasteiger partial charge in [-0.25, -0.2) is 5.21 Å². The highest BCUT2D eigenvalue weighted by Crippen LogP contribution is 2.39. The van der Waals surface area contributed by atoms with E-state index in [0.717, 1.165) is 16.2 Å². The molecule has 0 aromatic heterocycles. The minimum absolute atomic E-state index is 0.145. The van der Waals surface area contributed by atoms with Crippen molar-refractivity contribution in [2.75, 3.05) is 7.11 Å². The number of rotatable bonds is 4. The summed E-state index contributed by atoms with van der Waals surface area (Å²) in [6, 6.07) is 14.5. The van der Waals surface area contributed by atoms with Gasteiger partial charge in [0.15, 0.2) is 0 Å². The van der Waals surface area contributed by atoms with Crippen molar-refractivity contribution in [3.05, 3.63) is 64.6 Å². The number of hydrogen-bond donors (Lipinski definition) is 2. The summed E-state index contributed by atoms with van der Waals surface area (Å²) in [7, 11) is 1.56. The van der Waals surface area contributed by atoms with Crippen LogP contribution in [0.5, 0.6) is 5.75 Å². The number of nitrogens with one attached hydrogen (secondary N) is 1. The molecule has 2 aromatic rings. The first-order valence-corrected chi connectivity index (χ1v) is 7.46. The number of benzene rings is 2. The summed E-state index contributed by atoms with van der Waals surface area (Å²) in [4.78, 5) is 10.9. The molecule has 7 heteroatoms. The molecule has 0 aliphatic carbocycles. The molecule has 0 spiro atoms.